The van der Waals surface area contributed by atoms with Crippen LogP contribution in [0, 0.1) is 0 Å². The van der Waals surface area contributed by atoms with Crippen molar-refractivity contribution in [2.75, 3.05) is 20.1 Å². The van der Waals surface area contributed by atoms with Crippen LogP contribution in [0.4, 0.5) is 0 Å². The molecule has 2 saturated heterocycles. The first kappa shape index (κ1) is 22.3. The highest BCUT2D eigenvalue weighted by atomic mass is 16.2. The number of aliphatic imine (C=N–C) groups is 1. The Morgan fingerprint density at radius 2 is 2.00 bits per heavy atom. The first-order valence-electron chi connectivity index (χ1n) is 11.8. The highest BCUT2D eigenvalue weighted by Crippen LogP contribution is 2.26. The van der Waals surface area contributed by atoms with E-state index in [9.17, 15) is 4.79 Å². The number of nitrogens with zero attached hydrogens (tertiary/aromatic N) is 3. The Kier molecular flexibility index (Phi) is 6.79. The Balaban J connectivity index is 1.44. The second-order valence-electron chi connectivity index (χ2n) is 9.19. The highest BCUT2D eigenvalue weighted by Gasteiger charge is 2.38. The SMILES string of the molecule is CCCCC(Cc1c[nH]c2ccccc12)NC(=O)C(N)=NC(N)=[N+]1CC2CCC(C1)N2C. The molecule has 1 amide bonds. The number of piperazine rings is 1. The van der Waals surface area contributed by atoms with Gasteiger partial charge in [0.2, 0.25) is 0 Å². The van der Waals surface area contributed by atoms with Gasteiger partial charge < -0.3 is 16.0 Å². The quantitative estimate of drug-likeness (QED) is 0.311. The molecule has 2 aliphatic rings. The number of nitrogens with two attached hydrogens (primary N) is 2. The number of hydrogen-bond donors (Lipinski definition) is 4. The molecule has 4 rings (SSSR count). The standard InChI is InChI=1S/C24H35N7O/c1-3-4-7-17(12-16-13-27-21-9-6-5-8-20(16)21)28-23(32)22(25)29-24(26)31-14-18-10-11-19(15-31)30(18)2/h5-6,8-9,13,17-19,27H,3-4,7,10-12,14-15H2,1-2H3,(H4,25,26,28,29,32)/p+1. The number of para-hydroxylation sites is 1. The summed E-state index contributed by atoms with van der Waals surface area (Å²) in [4.78, 5) is 22.9. The van der Waals surface area contributed by atoms with Crippen LogP contribution in [0.5, 0.6) is 0 Å². The molecule has 3 heterocycles. The topological polar surface area (TPSA) is 116 Å². The fourth-order valence-corrected chi connectivity index (χ4v) is 5.05. The number of carbonyl (C=O) groups is 1. The van der Waals surface area contributed by atoms with Crippen LogP contribution in [0.2, 0.25) is 0 Å². The lowest BCUT2D eigenvalue weighted by Gasteiger charge is -2.31. The fourth-order valence-electron chi connectivity index (χ4n) is 5.05. The minimum Gasteiger partial charge on any atom is -0.365 e. The largest absolute Gasteiger partial charge is 0.387 e. The van der Waals surface area contributed by atoms with Crippen molar-refractivity contribution in [3.05, 3.63) is 36.0 Å². The number of nitrogens with one attached hydrogen (secondary N) is 2. The van der Waals surface area contributed by atoms with Crippen LogP contribution in [-0.4, -0.2) is 70.4 Å². The van der Waals surface area contributed by atoms with Crippen LogP contribution < -0.4 is 16.8 Å². The summed E-state index contributed by atoms with van der Waals surface area (Å²) in [6.45, 7) is 3.81. The van der Waals surface area contributed by atoms with Gasteiger partial charge in [-0.2, -0.15) is 0 Å². The molecule has 3 unspecified atom stereocenters. The molecular formula is C24H36N7O+. The van der Waals surface area contributed by atoms with E-state index in [1.807, 2.05) is 18.3 Å². The predicted molar refractivity (Wildman–Crippen MR) is 129 cm³/mol. The maximum absolute atomic E-state index is 12.8. The normalized spacial score (nSPS) is 22.3. The van der Waals surface area contributed by atoms with Crippen molar-refractivity contribution in [2.45, 2.75) is 63.6 Å². The summed E-state index contributed by atoms with van der Waals surface area (Å²) in [5, 5.41) is 4.28. The van der Waals surface area contributed by atoms with E-state index in [2.05, 4.69) is 50.9 Å². The zero-order valence-corrected chi connectivity index (χ0v) is 19.2. The summed E-state index contributed by atoms with van der Waals surface area (Å²) in [6.07, 6.45) is 8.11. The lowest BCUT2D eigenvalue weighted by molar-refractivity contribution is -0.550. The lowest BCUT2D eigenvalue weighted by atomic mass is 10.0. The van der Waals surface area contributed by atoms with Gasteiger partial charge in [0.25, 0.3) is 5.84 Å². The minimum atomic E-state index is -0.356. The molecule has 8 heteroatoms. The fraction of sp³-hybridized carbons (Fsp3) is 0.542. The summed E-state index contributed by atoms with van der Waals surface area (Å²) in [5.74, 6) is -0.0930. The van der Waals surface area contributed by atoms with Crippen LogP contribution in [0.1, 0.15) is 44.6 Å². The van der Waals surface area contributed by atoms with Gasteiger partial charge in [0.1, 0.15) is 0 Å². The first-order valence-corrected chi connectivity index (χ1v) is 11.8. The molecule has 6 N–H and O–H groups in total. The van der Waals surface area contributed by atoms with Gasteiger partial charge in [0.15, 0.2) is 0 Å². The van der Waals surface area contributed by atoms with E-state index in [0.29, 0.717) is 18.0 Å². The number of likely N-dealkylation sites (N-methyl/N-ethyl adjacent to an activating group) is 1. The second kappa shape index (κ2) is 9.73. The van der Waals surface area contributed by atoms with Crippen LogP contribution >= 0.6 is 0 Å². The number of amidine groups is 1. The van der Waals surface area contributed by atoms with E-state index in [1.165, 1.54) is 23.8 Å². The van der Waals surface area contributed by atoms with Crippen molar-refractivity contribution in [2.24, 2.45) is 16.5 Å². The Labute approximate surface area is 189 Å². The molecule has 2 aliphatic heterocycles. The monoisotopic (exact) mass is 438 g/mol. The van der Waals surface area contributed by atoms with Gasteiger partial charge in [0.05, 0.1) is 13.1 Å². The molecule has 0 saturated carbocycles. The Morgan fingerprint density at radius 1 is 1.28 bits per heavy atom. The molecule has 3 atom stereocenters. The molecule has 0 spiro atoms. The van der Waals surface area contributed by atoms with E-state index in [1.54, 1.807) is 0 Å². The van der Waals surface area contributed by atoms with Gasteiger partial charge in [0, 0.05) is 35.2 Å². The first-order chi connectivity index (χ1) is 15.5. The van der Waals surface area contributed by atoms with Gasteiger partial charge in [-0.3, -0.25) is 20.0 Å². The molecule has 2 aromatic rings. The van der Waals surface area contributed by atoms with E-state index < -0.39 is 0 Å². The zero-order valence-electron chi connectivity index (χ0n) is 19.2. The smallest absolute Gasteiger partial charge is 0.365 e. The van der Waals surface area contributed by atoms with Crippen LogP contribution in [-0.2, 0) is 11.2 Å². The Morgan fingerprint density at radius 3 is 2.72 bits per heavy atom. The van der Waals surface area contributed by atoms with Crippen molar-refractivity contribution >= 4 is 28.6 Å². The summed E-state index contributed by atoms with van der Waals surface area (Å²) in [7, 11) is 2.17. The van der Waals surface area contributed by atoms with Crippen molar-refractivity contribution < 1.29 is 9.37 Å². The van der Waals surface area contributed by atoms with Crippen LogP contribution in [0.3, 0.4) is 0 Å². The van der Waals surface area contributed by atoms with E-state index >= 15 is 0 Å². The van der Waals surface area contributed by atoms with Gasteiger partial charge in [-0.25, -0.2) is 0 Å². The third-order valence-electron chi connectivity index (χ3n) is 7.02. The molecule has 172 valence electrons. The van der Waals surface area contributed by atoms with Gasteiger partial charge in [-0.15, -0.1) is 0 Å². The summed E-state index contributed by atoms with van der Waals surface area (Å²) < 4.78 is 2.06. The highest BCUT2D eigenvalue weighted by molar-refractivity contribution is 6.38. The Bertz CT molecular complexity index is 1010. The molecule has 1 aromatic heterocycles. The average Bonchev–Trinajstić information content (AvgIpc) is 3.26. The predicted octanol–water partition coefficient (Wildman–Crippen LogP) is 1.55. The van der Waals surface area contributed by atoms with Crippen LogP contribution in [0.15, 0.2) is 35.5 Å². The maximum atomic E-state index is 12.8. The zero-order chi connectivity index (χ0) is 22.7. The number of fused-ring (bicyclic) bond motifs is 3. The van der Waals surface area contributed by atoms with Crippen LogP contribution in [0.25, 0.3) is 10.9 Å². The summed E-state index contributed by atoms with van der Waals surface area (Å²) in [6, 6.07) is 9.19. The molecule has 8 nitrogen and oxygen atoms in total. The Hall–Kier alpha value is -2.87. The number of carbonyl (C=O) groups excluding carboxylic acids is 1. The average molecular weight is 439 g/mol. The van der Waals surface area contributed by atoms with Crippen molar-refractivity contribution in [1.82, 2.24) is 15.2 Å². The summed E-state index contributed by atoms with van der Waals surface area (Å²) in [5.41, 5.74) is 14.6. The minimum absolute atomic E-state index is 0.0175. The number of guanidine groups is 1. The third-order valence-corrected chi connectivity index (χ3v) is 7.02. The molecule has 2 bridgehead atoms. The molecule has 0 aliphatic carbocycles. The number of amides is 1. The van der Waals surface area contributed by atoms with E-state index in [4.69, 9.17) is 11.5 Å². The van der Waals surface area contributed by atoms with E-state index in [0.717, 1.165) is 44.3 Å². The van der Waals surface area contributed by atoms with Gasteiger partial charge in [-0.05, 0) is 49.4 Å². The van der Waals surface area contributed by atoms with Crippen molar-refractivity contribution in [1.29, 1.82) is 0 Å². The molecule has 32 heavy (non-hydrogen) atoms. The van der Waals surface area contributed by atoms with Gasteiger partial charge in [-0.1, -0.05) is 38.0 Å². The lowest BCUT2D eigenvalue weighted by Crippen LogP contribution is -2.51. The number of hydrogen-bond acceptors (Lipinski definition) is 2. The van der Waals surface area contributed by atoms with Crippen molar-refractivity contribution in [3.63, 3.8) is 0 Å². The molecule has 1 aromatic carbocycles. The number of H-pyrrole nitrogens is 1. The van der Waals surface area contributed by atoms with Gasteiger partial charge >= 0.3 is 11.9 Å². The molecule has 2 fully saturated rings. The van der Waals surface area contributed by atoms with E-state index in [-0.39, 0.29) is 17.8 Å². The molecule has 0 radical (unpaired) electrons. The molecular weight excluding hydrogens is 402 g/mol. The maximum Gasteiger partial charge on any atom is 0.387 e. The number of aromatic nitrogens is 1. The number of benzene rings is 1. The summed E-state index contributed by atoms with van der Waals surface area (Å²) >= 11 is 0. The van der Waals surface area contributed by atoms with Crippen molar-refractivity contribution in [3.8, 4) is 0 Å². The third kappa shape index (κ3) is 4.80. The number of unbranched alkanes of at least 4 members (excludes halogenated alkanes) is 1. The number of aromatic amines is 1. The second-order valence-corrected chi connectivity index (χ2v) is 9.19. The number of rotatable bonds is 6.